The molecule has 3 rings (SSSR count). The fourth-order valence-corrected chi connectivity index (χ4v) is 2.19. The molecule has 0 radical (unpaired) electrons. The maximum Gasteiger partial charge on any atom is 0.136 e. The van der Waals surface area contributed by atoms with E-state index < -0.39 is 0 Å². The number of para-hydroxylation sites is 1. The van der Waals surface area contributed by atoms with Crippen LogP contribution in [0.25, 0.3) is 0 Å². The van der Waals surface area contributed by atoms with Crippen LogP contribution in [-0.2, 0) is 17.6 Å². The third-order valence-corrected chi connectivity index (χ3v) is 3.37. The van der Waals surface area contributed by atoms with Crippen molar-refractivity contribution >= 4 is 11.5 Å². The van der Waals surface area contributed by atoms with E-state index in [2.05, 4.69) is 29.6 Å². The molecule has 0 fully saturated rings. The minimum atomic E-state index is 0.302. The van der Waals surface area contributed by atoms with Crippen molar-refractivity contribution in [2.24, 2.45) is 0 Å². The highest BCUT2D eigenvalue weighted by molar-refractivity contribution is 5.80. The summed E-state index contributed by atoms with van der Waals surface area (Å²) in [7, 11) is 0. The van der Waals surface area contributed by atoms with Gasteiger partial charge in [-0.15, -0.1) is 0 Å². The second-order valence-electron chi connectivity index (χ2n) is 4.89. The van der Waals surface area contributed by atoms with E-state index in [0.717, 1.165) is 12.1 Å². The number of hydrogen-bond donors (Lipinski definition) is 1. The van der Waals surface area contributed by atoms with E-state index in [9.17, 15) is 4.79 Å². The molecule has 104 valence electrons. The second kappa shape index (κ2) is 7.49. The van der Waals surface area contributed by atoms with Crippen LogP contribution < -0.4 is 5.32 Å². The van der Waals surface area contributed by atoms with Crippen LogP contribution in [0, 0.1) is 0 Å². The molecule has 2 nitrogen and oxygen atoms in total. The highest BCUT2D eigenvalue weighted by Gasteiger charge is 2.05. The summed E-state index contributed by atoms with van der Waals surface area (Å²) in [5.74, 6) is 0.302. The van der Waals surface area contributed by atoms with Gasteiger partial charge >= 0.3 is 0 Å². The van der Waals surface area contributed by atoms with Gasteiger partial charge < -0.3 is 5.32 Å². The highest BCUT2D eigenvalue weighted by Crippen LogP contribution is 2.19. The number of anilines is 1. The molecule has 0 bridgehead atoms. The molecule has 0 saturated carbocycles. The lowest BCUT2D eigenvalue weighted by Crippen LogP contribution is -1.99. The lowest BCUT2D eigenvalue weighted by atomic mass is 10.1. The molecule has 1 aliphatic rings. The molecule has 1 heterocycles. The third-order valence-electron chi connectivity index (χ3n) is 3.37. The monoisotopic (exact) mass is 267 g/mol. The Balaban J connectivity index is 0.000000149. The van der Waals surface area contributed by atoms with Crippen molar-refractivity contribution in [3.63, 3.8) is 0 Å². The molecule has 2 heteroatoms. The van der Waals surface area contributed by atoms with Gasteiger partial charge in [0.2, 0.25) is 0 Å². The van der Waals surface area contributed by atoms with E-state index in [0.29, 0.717) is 18.6 Å². The lowest BCUT2D eigenvalue weighted by Gasteiger charge is -1.96. The Bertz CT molecular complexity index is 525. The van der Waals surface area contributed by atoms with Gasteiger partial charge in [0.25, 0.3) is 0 Å². The quantitative estimate of drug-likeness (QED) is 0.915. The molecule has 1 N–H and O–H groups in total. The maximum atomic E-state index is 11.0. The first kappa shape index (κ1) is 14.3. The summed E-state index contributed by atoms with van der Waals surface area (Å²) in [6.45, 7) is 3.00. The van der Waals surface area contributed by atoms with Crippen LogP contribution in [0.1, 0.15) is 24.5 Å². The number of carbonyl (C=O) groups excluding carboxylic acids is 1. The Hall–Kier alpha value is -2.09. The summed E-state index contributed by atoms with van der Waals surface area (Å²) in [5, 5.41) is 3.30. The van der Waals surface area contributed by atoms with Crippen molar-refractivity contribution in [3.8, 4) is 0 Å². The van der Waals surface area contributed by atoms with Crippen LogP contribution >= 0.6 is 0 Å². The summed E-state index contributed by atoms with van der Waals surface area (Å²) in [5.41, 5.74) is 3.88. The molecular weight excluding hydrogens is 246 g/mol. The first-order valence-electron chi connectivity index (χ1n) is 7.17. The topological polar surface area (TPSA) is 29.1 Å². The zero-order chi connectivity index (χ0) is 14.2. The molecule has 20 heavy (non-hydrogen) atoms. The summed E-state index contributed by atoms with van der Waals surface area (Å²) >= 11 is 0. The molecule has 1 aliphatic heterocycles. The van der Waals surface area contributed by atoms with Crippen molar-refractivity contribution in [2.75, 3.05) is 11.9 Å². The van der Waals surface area contributed by atoms with E-state index in [1.807, 2.05) is 37.3 Å². The maximum absolute atomic E-state index is 11.0. The van der Waals surface area contributed by atoms with Crippen molar-refractivity contribution < 1.29 is 4.79 Å². The first-order valence-corrected chi connectivity index (χ1v) is 7.17. The van der Waals surface area contributed by atoms with Crippen molar-refractivity contribution in [3.05, 3.63) is 65.7 Å². The van der Waals surface area contributed by atoms with E-state index in [1.54, 1.807) is 0 Å². The van der Waals surface area contributed by atoms with E-state index in [4.69, 9.17) is 0 Å². The van der Waals surface area contributed by atoms with Gasteiger partial charge in [0.05, 0.1) is 0 Å². The normalized spacial score (nSPS) is 11.8. The Morgan fingerprint density at radius 2 is 1.75 bits per heavy atom. The Labute approximate surface area is 120 Å². The molecule has 0 spiro atoms. The number of carbonyl (C=O) groups is 1. The van der Waals surface area contributed by atoms with Gasteiger partial charge in [-0.2, -0.15) is 0 Å². The van der Waals surface area contributed by atoms with Crippen LogP contribution in [0.15, 0.2) is 54.6 Å². The standard InChI is InChI=1S/C10H12O.C8H9N/c1-2-10(11)8-9-6-4-3-5-7-9;1-2-4-8-7(3-1)5-6-9-8/h3-7H,2,8H2,1H3;1-4,9H,5-6H2. The largest absolute Gasteiger partial charge is 0.384 e. The van der Waals surface area contributed by atoms with Crippen molar-refractivity contribution in [1.82, 2.24) is 0 Å². The molecule has 0 amide bonds. The minimum Gasteiger partial charge on any atom is -0.384 e. The third kappa shape index (κ3) is 4.23. The number of nitrogens with one attached hydrogen (secondary N) is 1. The molecule has 2 aromatic rings. The Morgan fingerprint density at radius 3 is 2.45 bits per heavy atom. The lowest BCUT2D eigenvalue weighted by molar-refractivity contribution is -0.118. The number of benzene rings is 2. The minimum absolute atomic E-state index is 0.302. The first-order chi connectivity index (χ1) is 9.79. The van der Waals surface area contributed by atoms with Crippen molar-refractivity contribution in [1.29, 1.82) is 0 Å². The zero-order valence-electron chi connectivity index (χ0n) is 11.9. The molecule has 0 aromatic heterocycles. The van der Waals surface area contributed by atoms with Crippen LogP contribution in [0.5, 0.6) is 0 Å². The molecular formula is C18H21NO. The SMILES string of the molecule is CCC(=O)Cc1ccccc1.c1ccc2c(c1)CCN2. The number of fused-ring (bicyclic) bond motifs is 1. The Morgan fingerprint density at radius 1 is 1.05 bits per heavy atom. The van der Waals surface area contributed by atoms with Crippen LogP contribution in [0.3, 0.4) is 0 Å². The second-order valence-corrected chi connectivity index (χ2v) is 4.89. The summed E-state index contributed by atoms with van der Waals surface area (Å²) in [6.07, 6.45) is 2.41. The van der Waals surface area contributed by atoms with Gasteiger partial charge in [-0.05, 0) is 23.6 Å². The molecule has 0 saturated heterocycles. The summed E-state index contributed by atoms with van der Waals surface area (Å²) in [4.78, 5) is 11.0. The van der Waals surface area contributed by atoms with Gasteiger partial charge in [0.15, 0.2) is 0 Å². The van der Waals surface area contributed by atoms with Crippen LogP contribution in [-0.4, -0.2) is 12.3 Å². The van der Waals surface area contributed by atoms with Crippen LogP contribution in [0.4, 0.5) is 5.69 Å². The van der Waals surface area contributed by atoms with Gasteiger partial charge in [-0.1, -0.05) is 55.5 Å². The number of Topliss-reactive ketones (excluding diaryl/α,β-unsaturated/α-hetero) is 1. The number of ketones is 1. The fourth-order valence-electron chi connectivity index (χ4n) is 2.19. The van der Waals surface area contributed by atoms with Crippen molar-refractivity contribution in [2.45, 2.75) is 26.2 Å². The zero-order valence-corrected chi connectivity index (χ0v) is 11.9. The van der Waals surface area contributed by atoms with E-state index in [-0.39, 0.29) is 0 Å². The molecule has 0 aliphatic carbocycles. The van der Waals surface area contributed by atoms with E-state index in [1.165, 1.54) is 17.7 Å². The predicted molar refractivity (Wildman–Crippen MR) is 84.1 cm³/mol. The summed E-state index contributed by atoms with van der Waals surface area (Å²) < 4.78 is 0. The van der Waals surface area contributed by atoms with Gasteiger partial charge in [-0.3, -0.25) is 4.79 Å². The average Bonchev–Trinajstić information content (AvgIpc) is 2.97. The number of rotatable bonds is 3. The van der Waals surface area contributed by atoms with E-state index >= 15 is 0 Å². The van der Waals surface area contributed by atoms with Crippen LogP contribution in [0.2, 0.25) is 0 Å². The fraction of sp³-hybridized carbons (Fsp3) is 0.278. The molecule has 2 aromatic carbocycles. The predicted octanol–water partition coefficient (Wildman–Crippen LogP) is 3.86. The molecule has 0 atom stereocenters. The smallest absolute Gasteiger partial charge is 0.136 e. The van der Waals surface area contributed by atoms with Gasteiger partial charge in [0.1, 0.15) is 5.78 Å². The number of hydrogen-bond acceptors (Lipinski definition) is 2. The molecule has 0 unspecified atom stereocenters. The van der Waals surface area contributed by atoms with Gasteiger partial charge in [0, 0.05) is 25.1 Å². The van der Waals surface area contributed by atoms with Gasteiger partial charge in [-0.25, -0.2) is 0 Å². The Kier molecular flexibility index (Phi) is 5.36. The average molecular weight is 267 g/mol. The summed E-state index contributed by atoms with van der Waals surface area (Å²) in [6, 6.07) is 18.3. The highest BCUT2D eigenvalue weighted by atomic mass is 16.1.